The molecule has 0 aromatic carbocycles. The first-order valence-electron chi connectivity index (χ1n) is 9.70. The fourth-order valence-corrected chi connectivity index (χ4v) is 5.06. The Kier molecular flexibility index (Phi) is 4.21. The normalized spacial score (nSPS) is 18.5. The minimum Gasteiger partial charge on any atom is -0.368 e. The van der Waals surface area contributed by atoms with Gasteiger partial charge in [0.1, 0.15) is 22.1 Å². The third-order valence-electron chi connectivity index (χ3n) is 5.72. The highest BCUT2D eigenvalue weighted by molar-refractivity contribution is 7.16. The predicted octanol–water partition coefficient (Wildman–Crippen LogP) is 2.92. The Hall–Kier alpha value is -2.32. The van der Waals surface area contributed by atoms with E-state index >= 15 is 0 Å². The zero-order valence-electron chi connectivity index (χ0n) is 16.5. The molecule has 0 N–H and O–H groups in total. The van der Waals surface area contributed by atoms with Crippen LogP contribution in [0.4, 0.5) is 11.8 Å². The quantitative estimate of drug-likeness (QED) is 0.660. The van der Waals surface area contributed by atoms with Crippen LogP contribution in [0.5, 0.6) is 0 Å². The van der Waals surface area contributed by atoms with Gasteiger partial charge in [-0.05, 0) is 43.2 Å². The molecule has 7 nitrogen and oxygen atoms in total. The molecule has 5 rings (SSSR count). The number of piperidine rings is 1. The van der Waals surface area contributed by atoms with Crippen LogP contribution in [0.15, 0.2) is 17.6 Å². The van der Waals surface area contributed by atoms with Gasteiger partial charge < -0.3 is 14.5 Å². The van der Waals surface area contributed by atoms with Crippen LogP contribution in [0, 0.1) is 6.92 Å². The number of anilines is 2. The SMILES string of the molecule is Cc1nc(N2CCC3(CC2)OCCc2cnc(N(C)C)nc23)c2ccsc2n1. The van der Waals surface area contributed by atoms with Crippen LogP contribution in [0.3, 0.4) is 0 Å². The van der Waals surface area contributed by atoms with Gasteiger partial charge in [0, 0.05) is 33.4 Å². The Labute approximate surface area is 168 Å². The van der Waals surface area contributed by atoms with Gasteiger partial charge in [-0.25, -0.2) is 19.9 Å². The maximum Gasteiger partial charge on any atom is 0.225 e. The van der Waals surface area contributed by atoms with Crippen molar-refractivity contribution in [3.05, 3.63) is 34.7 Å². The molecule has 0 bridgehead atoms. The Morgan fingerprint density at radius 3 is 2.79 bits per heavy atom. The average molecular weight is 397 g/mol. The molecule has 2 aliphatic heterocycles. The van der Waals surface area contributed by atoms with E-state index in [2.05, 4.69) is 26.3 Å². The number of thiophene rings is 1. The third-order valence-corrected chi connectivity index (χ3v) is 6.53. The molecule has 3 aromatic rings. The maximum absolute atomic E-state index is 6.38. The highest BCUT2D eigenvalue weighted by Gasteiger charge is 2.43. The van der Waals surface area contributed by atoms with Crippen LogP contribution in [0.2, 0.25) is 0 Å². The summed E-state index contributed by atoms with van der Waals surface area (Å²) in [5.41, 5.74) is 1.99. The highest BCUT2D eigenvalue weighted by atomic mass is 32.1. The molecule has 0 amide bonds. The van der Waals surface area contributed by atoms with Crippen molar-refractivity contribution in [3.63, 3.8) is 0 Å². The average Bonchev–Trinajstić information content (AvgIpc) is 3.16. The fourth-order valence-electron chi connectivity index (χ4n) is 4.26. The van der Waals surface area contributed by atoms with E-state index in [1.165, 1.54) is 5.56 Å². The Bertz CT molecular complexity index is 1020. The third kappa shape index (κ3) is 2.82. The summed E-state index contributed by atoms with van der Waals surface area (Å²) in [6.45, 7) is 4.48. The van der Waals surface area contributed by atoms with Gasteiger partial charge in [-0.1, -0.05) is 0 Å². The molecule has 8 heteroatoms. The zero-order valence-corrected chi connectivity index (χ0v) is 17.3. The number of ether oxygens (including phenoxy) is 1. The number of fused-ring (bicyclic) bond motifs is 3. The lowest BCUT2D eigenvalue weighted by Crippen LogP contribution is -2.47. The van der Waals surface area contributed by atoms with Gasteiger partial charge in [0.2, 0.25) is 5.95 Å². The van der Waals surface area contributed by atoms with Crippen molar-refractivity contribution in [1.29, 1.82) is 0 Å². The summed E-state index contributed by atoms with van der Waals surface area (Å²) in [4.78, 5) is 24.1. The van der Waals surface area contributed by atoms with Gasteiger partial charge in [-0.15, -0.1) is 11.3 Å². The minimum absolute atomic E-state index is 0.312. The zero-order chi connectivity index (χ0) is 19.3. The van der Waals surface area contributed by atoms with E-state index in [4.69, 9.17) is 14.7 Å². The molecular formula is C20H24N6OS. The Morgan fingerprint density at radius 2 is 2.00 bits per heavy atom. The first-order valence-corrected chi connectivity index (χ1v) is 10.6. The van der Waals surface area contributed by atoms with Crippen molar-refractivity contribution in [2.24, 2.45) is 0 Å². The van der Waals surface area contributed by atoms with Crippen molar-refractivity contribution >= 4 is 33.3 Å². The van der Waals surface area contributed by atoms with Gasteiger partial charge >= 0.3 is 0 Å². The molecule has 0 atom stereocenters. The number of hydrogen-bond donors (Lipinski definition) is 0. The number of aromatic nitrogens is 4. The smallest absolute Gasteiger partial charge is 0.225 e. The lowest BCUT2D eigenvalue weighted by Gasteiger charge is -2.44. The Morgan fingerprint density at radius 1 is 1.18 bits per heavy atom. The second-order valence-corrected chi connectivity index (χ2v) is 8.65. The molecule has 0 unspecified atom stereocenters. The van der Waals surface area contributed by atoms with Crippen LogP contribution in [-0.4, -0.2) is 53.7 Å². The predicted molar refractivity (Wildman–Crippen MR) is 111 cm³/mol. The molecule has 5 heterocycles. The van der Waals surface area contributed by atoms with Crippen LogP contribution < -0.4 is 9.80 Å². The van der Waals surface area contributed by atoms with Crippen molar-refractivity contribution in [2.75, 3.05) is 43.6 Å². The van der Waals surface area contributed by atoms with Crippen molar-refractivity contribution in [3.8, 4) is 0 Å². The Balaban J connectivity index is 1.46. The summed E-state index contributed by atoms with van der Waals surface area (Å²) in [7, 11) is 3.95. The number of rotatable bonds is 2. The number of nitrogens with zero attached hydrogens (tertiary/aromatic N) is 6. The summed E-state index contributed by atoms with van der Waals surface area (Å²) in [5.74, 6) is 2.62. The van der Waals surface area contributed by atoms with Crippen LogP contribution >= 0.6 is 11.3 Å². The standard InChI is InChI=1S/C20H24N6OS/c1-13-22-17(15-5-11-28-18(15)23-13)26-8-6-20(7-9-26)16-14(4-10-27-20)12-21-19(24-16)25(2)3/h5,11-12H,4,6-10H2,1-3H3. The van der Waals surface area contributed by atoms with E-state index in [0.717, 1.165) is 72.5 Å². The van der Waals surface area contributed by atoms with Crippen LogP contribution in [0.25, 0.3) is 10.2 Å². The molecule has 1 fully saturated rings. The molecule has 146 valence electrons. The lowest BCUT2D eigenvalue weighted by molar-refractivity contribution is -0.0801. The van der Waals surface area contributed by atoms with E-state index in [9.17, 15) is 0 Å². The van der Waals surface area contributed by atoms with Gasteiger partial charge in [-0.3, -0.25) is 0 Å². The van der Waals surface area contributed by atoms with E-state index in [0.29, 0.717) is 0 Å². The fraction of sp³-hybridized carbons (Fsp3) is 0.500. The van der Waals surface area contributed by atoms with Gasteiger partial charge in [-0.2, -0.15) is 0 Å². The topological polar surface area (TPSA) is 67.3 Å². The van der Waals surface area contributed by atoms with Gasteiger partial charge in [0.05, 0.1) is 17.7 Å². The van der Waals surface area contributed by atoms with E-state index in [1.807, 2.05) is 32.1 Å². The van der Waals surface area contributed by atoms with Crippen LogP contribution in [0.1, 0.15) is 29.9 Å². The molecule has 0 saturated carbocycles. The summed E-state index contributed by atoms with van der Waals surface area (Å²) in [5, 5.41) is 3.24. The summed E-state index contributed by atoms with van der Waals surface area (Å²) >= 11 is 1.67. The van der Waals surface area contributed by atoms with E-state index in [1.54, 1.807) is 11.3 Å². The van der Waals surface area contributed by atoms with Gasteiger partial charge in [0.25, 0.3) is 0 Å². The first-order chi connectivity index (χ1) is 13.6. The maximum atomic E-state index is 6.38. The monoisotopic (exact) mass is 396 g/mol. The van der Waals surface area contributed by atoms with E-state index < -0.39 is 0 Å². The minimum atomic E-state index is -0.312. The lowest BCUT2D eigenvalue weighted by atomic mass is 9.83. The number of aryl methyl sites for hydroxylation is 1. The number of hydrogen-bond acceptors (Lipinski definition) is 8. The largest absolute Gasteiger partial charge is 0.368 e. The molecular weight excluding hydrogens is 372 g/mol. The summed E-state index contributed by atoms with van der Waals surface area (Å²) < 4.78 is 6.38. The second kappa shape index (κ2) is 6.63. The first kappa shape index (κ1) is 17.8. The van der Waals surface area contributed by atoms with Crippen molar-refractivity contribution in [2.45, 2.75) is 31.8 Å². The molecule has 0 radical (unpaired) electrons. The van der Waals surface area contributed by atoms with E-state index in [-0.39, 0.29) is 5.60 Å². The summed E-state index contributed by atoms with van der Waals surface area (Å²) in [6.07, 6.45) is 4.67. The molecule has 3 aromatic heterocycles. The van der Waals surface area contributed by atoms with Crippen LogP contribution in [-0.2, 0) is 16.8 Å². The molecule has 0 aliphatic carbocycles. The van der Waals surface area contributed by atoms with Crippen molar-refractivity contribution < 1.29 is 4.74 Å². The summed E-state index contributed by atoms with van der Waals surface area (Å²) in [6, 6.07) is 2.13. The highest BCUT2D eigenvalue weighted by Crippen LogP contribution is 2.42. The van der Waals surface area contributed by atoms with Crippen molar-refractivity contribution in [1.82, 2.24) is 19.9 Å². The molecule has 1 saturated heterocycles. The molecule has 28 heavy (non-hydrogen) atoms. The molecule has 2 aliphatic rings. The van der Waals surface area contributed by atoms with Gasteiger partial charge in [0.15, 0.2) is 0 Å². The molecule has 1 spiro atoms. The second-order valence-electron chi connectivity index (χ2n) is 7.75.